The van der Waals surface area contributed by atoms with Crippen molar-refractivity contribution >= 4 is 21.6 Å². The molecule has 1 heterocycles. The summed E-state index contributed by atoms with van der Waals surface area (Å²) in [6.07, 6.45) is 1.33. The summed E-state index contributed by atoms with van der Waals surface area (Å²) < 4.78 is 0. The largest absolute Gasteiger partial charge is 0.412 e. The van der Waals surface area contributed by atoms with Gasteiger partial charge in [0.1, 0.15) is 0 Å². The van der Waals surface area contributed by atoms with Gasteiger partial charge in [-0.2, -0.15) is 13.3 Å². The number of hydrogen-bond donors (Lipinski definition) is 0. The minimum absolute atomic E-state index is 0. The van der Waals surface area contributed by atoms with Gasteiger partial charge >= 0.3 is 0 Å². The minimum Gasteiger partial charge on any atom is -0.412 e. The molecule has 0 spiro atoms. The molecule has 1 aromatic rings. The van der Waals surface area contributed by atoms with Gasteiger partial charge in [0, 0.05) is 25.8 Å². The molecule has 0 atom stereocenters. The second kappa shape index (κ2) is 11.8. The Balaban J connectivity index is 0. The van der Waals surface area contributed by atoms with E-state index in [2.05, 4.69) is 6.92 Å². The summed E-state index contributed by atoms with van der Waals surface area (Å²) in [6, 6.07) is 12.0. The summed E-state index contributed by atoms with van der Waals surface area (Å²) in [5, 5.41) is 1.58. The molecule has 1 aliphatic rings. The van der Waals surface area contributed by atoms with Crippen LogP contribution in [0.3, 0.4) is 0 Å². The molecule has 0 bridgehead atoms. The van der Waals surface area contributed by atoms with E-state index in [-0.39, 0.29) is 31.3 Å². The Morgan fingerprint density at radius 1 is 1.00 bits per heavy atom. The molecular formula is C10H15OS2Sc-. The van der Waals surface area contributed by atoms with E-state index in [0.717, 1.165) is 0 Å². The monoisotopic (exact) mass is 260 g/mol. The van der Waals surface area contributed by atoms with Crippen molar-refractivity contribution in [3.63, 3.8) is 0 Å². The molecule has 1 nitrogen and oxygen atoms in total. The van der Waals surface area contributed by atoms with Crippen molar-refractivity contribution in [2.24, 2.45) is 0 Å². The molecule has 1 aromatic carbocycles. The molecule has 1 radical (unpaired) electrons. The first kappa shape index (κ1) is 17.2. The zero-order valence-electron chi connectivity index (χ0n) is 8.27. The van der Waals surface area contributed by atoms with Gasteiger partial charge < -0.3 is 5.48 Å². The Morgan fingerprint density at radius 2 is 1.43 bits per heavy atom. The van der Waals surface area contributed by atoms with E-state index in [1.54, 1.807) is 5.25 Å². The molecule has 0 unspecified atom stereocenters. The van der Waals surface area contributed by atoms with E-state index >= 15 is 0 Å². The second-order valence-corrected chi connectivity index (χ2v) is 5.23. The molecule has 1 aliphatic heterocycles. The smallest absolute Gasteiger partial charge is 0 e. The van der Waals surface area contributed by atoms with Crippen LogP contribution in [0.25, 0.3) is 0 Å². The van der Waals surface area contributed by atoms with Crippen LogP contribution in [-0.4, -0.2) is 11.2 Å². The third-order valence-corrected chi connectivity index (χ3v) is 4.09. The maximum Gasteiger partial charge on any atom is 0 e. The number of rotatable bonds is 0. The summed E-state index contributed by atoms with van der Waals surface area (Å²) in [6.45, 7) is 2.20. The molecule has 4 heteroatoms. The van der Waals surface area contributed by atoms with Crippen LogP contribution in [0.2, 0.25) is 0 Å². The molecule has 0 saturated carbocycles. The average Bonchev–Trinajstić information content (AvgIpc) is 2.60. The van der Waals surface area contributed by atoms with Gasteiger partial charge in [-0.25, -0.2) is 0 Å². The van der Waals surface area contributed by atoms with Gasteiger partial charge in [0.25, 0.3) is 0 Å². The van der Waals surface area contributed by atoms with E-state index in [1.807, 2.05) is 58.0 Å². The predicted octanol–water partition coefficient (Wildman–Crippen LogP) is 3.18. The summed E-state index contributed by atoms with van der Waals surface area (Å²) in [5.74, 6) is 1.33. The van der Waals surface area contributed by atoms with Gasteiger partial charge in [0.15, 0.2) is 0 Å². The van der Waals surface area contributed by atoms with Crippen molar-refractivity contribution in [2.45, 2.75) is 13.3 Å². The second-order valence-electron chi connectivity index (χ2n) is 2.51. The fourth-order valence-corrected chi connectivity index (χ4v) is 3.10. The van der Waals surface area contributed by atoms with E-state index in [1.165, 1.54) is 12.2 Å². The zero-order valence-corrected chi connectivity index (χ0v) is 11.7. The van der Waals surface area contributed by atoms with E-state index in [4.69, 9.17) is 0 Å². The molecule has 1 saturated heterocycles. The molecule has 14 heavy (non-hydrogen) atoms. The van der Waals surface area contributed by atoms with Crippen LogP contribution in [-0.2, 0) is 25.8 Å². The van der Waals surface area contributed by atoms with Crippen molar-refractivity contribution in [3.05, 3.63) is 41.6 Å². The first-order chi connectivity index (χ1) is 5.89. The van der Waals surface area contributed by atoms with Gasteiger partial charge in [-0.15, -0.1) is 10.8 Å². The third-order valence-electron chi connectivity index (χ3n) is 1.41. The van der Waals surface area contributed by atoms with Crippen molar-refractivity contribution in [2.75, 3.05) is 5.75 Å². The van der Waals surface area contributed by atoms with Crippen molar-refractivity contribution in [1.82, 2.24) is 0 Å². The Morgan fingerprint density at radius 3 is 1.57 bits per heavy atom. The fraction of sp³-hybridized carbons (Fsp3) is 0.300. The summed E-state index contributed by atoms with van der Waals surface area (Å²) in [4.78, 5) is 0. The van der Waals surface area contributed by atoms with E-state index < -0.39 is 0 Å². The first-order valence-corrected chi connectivity index (χ1v) is 6.33. The van der Waals surface area contributed by atoms with Crippen LogP contribution >= 0.6 is 21.6 Å². The van der Waals surface area contributed by atoms with Gasteiger partial charge in [0.05, 0.1) is 0 Å². The van der Waals surface area contributed by atoms with Gasteiger partial charge in [0.2, 0.25) is 0 Å². The molecule has 0 aliphatic carbocycles. The number of benzene rings is 1. The molecule has 0 aromatic heterocycles. The quantitative estimate of drug-likeness (QED) is 0.530. The van der Waals surface area contributed by atoms with Gasteiger partial charge in [-0.3, -0.25) is 16.0 Å². The maximum atomic E-state index is 2.20. The van der Waals surface area contributed by atoms with Crippen molar-refractivity contribution < 1.29 is 31.3 Å². The topological polar surface area (TPSA) is 31.5 Å². The summed E-state index contributed by atoms with van der Waals surface area (Å²) in [5.41, 5.74) is 0. The van der Waals surface area contributed by atoms with Crippen molar-refractivity contribution in [1.29, 1.82) is 0 Å². The molecule has 2 rings (SSSR count). The SMILES string of the molecule is C[C-]1CCSS1.O.[Sc].c1ccccc1. The molecule has 77 valence electrons. The number of hydrogen-bond acceptors (Lipinski definition) is 2. The van der Waals surface area contributed by atoms with Crippen LogP contribution in [0.5, 0.6) is 0 Å². The van der Waals surface area contributed by atoms with Crippen LogP contribution in [0.1, 0.15) is 13.3 Å². The molecule has 1 fully saturated rings. The maximum absolute atomic E-state index is 2.20. The van der Waals surface area contributed by atoms with Gasteiger partial charge in [-0.05, 0) is 5.75 Å². The van der Waals surface area contributed by atoms with Crippen LogP contribution in [0.4, 0.5) is 0 Å². The van der Waals surface area contributed by atoms with Crippen LogP contribution in [0.15, 0.2) is 36.4 Å². The molecule has 2 N–H and O–H groups in total. The van der Waals surface area contributed by atoms with E-state index in [0.29, 0.717) is 0 Å². The minimum atomic E-state index is 0. The Labute approximate surface area is 113 Å². The summed E-state index contributed by atoms with van der Waals surface area (Å²) in [7, 11) is 3.89. The normalized spacial score (nSPS) is 14.4. The Hall–Kier alpha value is 0.750. The Kier molecular flexibility index (Phi) is 14.5. The zero-order chi connectivity index (χ0) is 8.65. The third kappa shape index (κ3) is 9.31. The summed E-state index contributed by atoms with van der Waals surface area (Å²) >= 11 is 0. The van der Waals surface area contributed by atoms with E-state index in [9.17, 15) is 0 Å². The van der Waals surface area contributed by atoms with Crippen LogP contribution in [0, 0.1) is 5.25 Å². The fourth-order valence-electron chi connectivity index (χ4n) is 0.754. The average molecular weight is 260 g/mol. The molecule has 0 amide bonds. The predicted molar refractivity (Wildman–Crippen MR) is 63.6 cm³/mol. The Bertz CT molecular complexity index is 164. The van der Waals surface area contributed by atoms with Gasteiger partial charge in [-0.1, -0.05) is 36.4 Å². The van der Waals surface area contributed by atoms with Crippen LogP contribution < -0.4 is 0 Å². The van der Waals surface area contributed by atoms with Crippen molar-refractivity contribution in [3.8, 4) is 0 Å². The molecular weight excluding hydrogens is 245 g/mol. The first-order valence-electron chi connectivity index (χ1n) is 4.01. The standard InChI is InChI=1S/C6H6.C4H7S2.H2O.Sc/c1-2-4-6-5-3-1;1-4-2-3-5-6-4;;/h1-6H;2-3H2,1H3;1H2;/q;-1;;.